The van der Waals surface area contributed by atoms with Crippen LogP contribution >= 0.6 is 11.6 Å². The van der Waals surface area contributed by atoms with E-state index in [2.05, 4.69) is 15.3 Å². The summed E-state index contributed by atoms with van der Waals surface area (Å²) in [5.74, 6) is 0.604. The molecule has 0 saturated carbocycles. The second kappa shape index (κ2) is 5.29. The summed E-state index contributed by atoms with van der Waals surface area (Å²) in [6, 6.07) is 6.51. The number of H-pyrrole nitrogens is 1. The molecule has 0 aliphatic rings. The molecule has 19 heavy (non-hydrogen) atoms. The number of nitrogens with one attached hydrogen (secondary N) is 2. The maximum atomic E-state index is 10.5. The van der Waals surface area contributed by atoms with Crippen LogP contribution in [0, 0.1) is 0 Å². The molecule has 0 bridgehead atoms. The molecule has 1 atom stereocenters. The Balaban J connectivity index is 2.29. The van der Waals surface area contributed by atoms with Crippen molar-refractivity contribution in [2.45, 2.75) is 13.0 Å². The van der Waals surface area contributed by atoms with Gasteiger partial charge < -0.3 is 15.8 Å². The molecule has 0 saturated heterocycles. The van der Waals surface area contributed by atoms with Gasteiger partial charge in [0.25, 0.3) is 0 Å². The first-order valence-electron chi connectivity index (χ1n) is 5.58. The molecule has 0 aliphatic heterocycles. The van der Waals surface area contributed by atoms with Gasteiger partial charge in [-0.1, -0.05) is 23.7 Å². The van der Waals surface area contributed by atoms with Crippen molar-refractivity contribution < 1.29 is 9.90 Å². The minimum atomic E-state index is -1.11. The zero-order chi connectivity index (χ0) is 14.0. The Morgan fingerprint density at radius 3 is 2.58 bits per heavy atom. The quantitative estimate of drug-likeness (QED) is 0.694. The van der Waals surface area contributed by atoms with E-state index in [0.717, 1.165) is 5.56 Å². The van der Waals surface area contributed by atoms with Crippen LogP contribution in [-0.2, 0) is 0 Å². The Morgan fingerprint density at radius 2 is 2.11 bits per heavy atom. The average molecular weight is 281 g/mol. The fourth-order valence-corrected chi connectivity index (χ4v) is 1.86. The van der Waals surface area contributed by atoms with Gasteiger partial charge in [0.1, 0.15) is 16.7 Å². The molecule has 0 unspecified atom stereocenters. The smallest absolute Gasteiger partial charge is 0.409 e. The summed E-state index contributed by atoms with van der Waals surface area (Å²) in [6.45, 7) is 1.80. The molecular weight excluding hydrogens is 268 g/mol. The number of hydrogen-bond donors (Lipinski definition) is 4. The molecule has 0 fully saturated rings. The van der Waals surface area contributed by atoms with E-state index in [1.807, 2.05) is 0 Å². The number of hydrogen-bond acceptors (Lipinski definition) is 3. The van der Waals surface area contributed by atoms with E-state index < -0.39 is 6.09 Å². The summed E-state index contributed by atoms with van der Waals surface area (Å²) in [5.41, 5.74) is 7.58. The van der Waals surface area contributed by atoms with Crippen LogP contribution in [-0.4, -0.2) is 21.2 Å². The molecule has 0 aliphatic carbocycles. The van der Waals surface area contributed by atoms with Gasteiger partial charge in [-0.05, 0) is 19.1 Å². The monoisotopic (exact) mass is 280 g/mol. The van der Waals surface area contributed by atoms with Crippen molar-refractivity contribution in [2.75, 3.05) is 5.32 Å². The van der Waals surface area contributed by atoms with Gasteiger partial charge in [0.15, 0.2) is 0 Å². The third kappa shape index (κ3) is 3.04. The predicted molar refractivity (Wildman–Crippen MR) is 73.3 cm³/mol. The van der Waals surface area contributed by atoms with Gasteiger partial charge >= 0.3 is 6.09 Å². The molecule has 5 N–H and O–H groups in total. The first-order chi connectivity index (χ1) is 8.97. The number of amides is 1. The van der Waals surface area contributed by atoms with E-state index in [-0.39, 0.29) is 6.04 Å². The molecule has 2 rings (SSSR count). The first-order valence-corrected chi connectivity index (χ1v) is 5.96. The van der Waals surface area contributed by atoms with Gasteiger partial charge in [-0.25, -0.2) is 9.78 Å². The third-order valence-corrected chi connectivity index (χ3v) is 2.79. The van der Waals surface area contributed by atoms with Crippen molar-refractivity contribution in [3.05, 3.63) is 35.2 Å². The summed E-state index contributed by atoms with van der Waals surface area (Å²) in [7, 11) is 0. The van der Waals surface area contributed by atoms with Crippen molar-refractivity contribution in [3.63, 3.8) is 0 Å². The summed E-state index contributed by atoms with van der Waals surface area (Å²) in [6.07, 6.45) is -1.11. The zero-order valence-corrected chi connectivity index (χ0v) is 10.9. The van der Waals surface area contributed by atoms with Crippen LogP contribution in [0.15, 0.2) is 24.3 Å². The average Bonchev–Trinajstić information content (AvgIpc) is 2.72. The maximum Gasteiger partial charge on any atom is 0.409 e. The van der Waals surface area contributed by atoms with Crippen molar-refractivity contribution in [3.8, 4) is 11.3 Å². The fourth-order valence-electron chi connectivity index (χ4n) is 1.61. The Hall–Kier alpha value is -2.05. The van der Waals surface area contributed by atoms with Crippen LogP contribution < -0.4 is 11.1 Å². The molecule has 0 radical (unpaired) electrons. The van der Waals surface area contributed by atoms with Gasteiger partial charge in [-0.15, -0.1) is 0 Å². The van der Waals surface area contributed by atoms with Gasteiger partial charge in [-0.2, -0.15) is 0 Å². The van der Waals surface area contributed by atoms with Crippen molar-refractivity contribution in [1.82, 2.24) is 9.97 Å². The maximum absolute atomic E-state index is 10.5. The summed E-state index contributed by atoms with van der Waals surface area (Å²) in [4.78, 5) is 17.7. The van der Waals surface area contributed by atoms with Crippen molar-refractivity contribution in [1.29, 1.82) is 0 Å². The van der Waals surface area contributed by atoms with E-state index in [9.17, 15) is 4.79 Å². The number of aromatic amines is 1. The van der Waals surface area contributed by atoms with Gasteiger partial charge in [0, 0.05) is 11.3 Å². The van der Waals surface area contributed by atoms with E-state index in [4.69, 9.17) is 22.4 Å². The summed E-state index contributed by atoms with van der Waals surface area (Å²) in [5, 5.41) is 11.3. The van der Waals surface area contributed by atoms with Gasteiger partial charge in [-0.3, -0.25) is 5.32 Å². The number of carbonyl (C=O) groups is 1. The van der Waals surface area contributed by atoms with E-state index in [1.54, 1.807) is 31.2 Å². The molecule has 100 valence electrons. The zero-order valence-electron chi connectivity index (χ0n) is 10.1. The van der Waals surface area contributed by atoms with E-state index >= 15 is 0 Å². The minimum Gasteiger partial charge on any atom is -0.465 e. The number of halogens is 1. The minimum absolute atomic E-state index is 0.237. The van der Waals surface area contributed by atoms with Crippen LogP contribution in [0.1, 0.15) is 18.8 Å². The lowest BCUT2D eigenvalue weighted by Gasteiger charge is -2.02. The Kier molecular flexibility index (Phi) is 3.73. The second-order valence-electron chi connectivity index (χ2n) is 4.08. The number of imidazole rings is 1. The van der Waals surface area contributed by atoms with Crippen LogP contribution in [0.4, 0.5) is 10.5 Å². The molecule has 6 nitrogen and oxygen atoms in total. The third-order valence-electron chi connectivity index (χ3n) is 2.52. The highest BCUT2D eigenvalue weighted by Gasteiger charge is 2.12. The number of benzene rings is 1. The highest BCUT2D eigenvalue weighted by molar-refractivity contribution is 6.31. The largest absolute Gasteiger partial charge is 0.465 e. The van der Waals surface area contributed by atoms with E-state index in [1.165, 1.54) is 0 Å². The number of nitrogens with two attached hydrogens (primary N) is 1. The molecule has 1 amide bonds. The first kappa shape index (κ1) is 13.4. The Morgan fingerprint density at radius 1 is 1.47 bits per heavy atom. The molecular formula is C12H13ClN4O2. The second-order valence-corrected chi connectivity index (χ2v) is 4.46. The lowest BCUT2D eigenvalue weighted by molar-refractivity contribution is 0.210. The van der Waals surface area contributed by atoms with Gasteiger partial charge in [0.05, 0.1) is 6.04 Å². The Labute approximate surface area is 114 Å². The summed E-state index contributed by atoms with van der Waals surface area (Å²) >= 11 is 6.06. The molecule has 2 aromatic rings. The number of rotatable bonds is 3. The molecule has 1 heterocycles. The lowest BCUT2D eigenvalue weighted by Crippen LogP contribution is -2.07. The van der Waals surface area contributed by atoms with Crippen molar-refractivity contribution >= 4 is 23.4 Å². The molecule has 7 heteroatoms. The SMILES string of the molecule is C[C@H](N)c1nc(-c2ccc(NC(=O)O)cc2)c(Cl)[nH]1. The number of aromatic nitrogens is 2. The summed E-state index contributed by atoms with van der Waals surface area (Å²) < 4.78 is 0. The number of anilines is 1. The van der Waals surface area contributed by atoms with Crippen LogP contribution in [0.3, 0.4) is 0 Å². The lowest BCUT2D eigenvalue weighted by atomic mass is 10.1. The highest BCUT2D eigenvalue weighted by Crippen LogP contribution is 2.27. The van der Waals surface area contributed by atoms with Crippen LogP contribution in [0.2, 0.25) is 5.15 Å². The van der Waals surface area contributed by atoms with Crippen molar-refractivity contribution in [2.24, 2.45) is 5.73 Å². The Bertz CT molecular complexity index is 592. The molecule has 1 aromatic heterocycles. The topological polar surface area (TPSA) is 104 Å². The standard InChI is InChI=1S/C12H13ClN4O2/c1-6(14)11-16-9(10(13)17-11)7-2-4-8(5-3-7)15-12(18)19/h2-6,15H,14H2,1H3,(H,16,17)(H,18,19)/t6-/m0/s1. The normalized spacial score (nSPS) is 12.2. The van der Waals surface area contributed by atoms with Crippen LogP contribution in [0.25, 0.3) is 11.3 Å². The van der Waals surface area contributed by atoms with Gasteiger partial charge in [0.2, 0.25) is 0 Å². The molecule has 0 spiro atoms. The number of nitrogens with zero attached hydrogens (tertiary/aromatic N) is 1. The number of carboxylic acid groups (broad SMARTS) is 1. The molecule has 1 aromatic carbocycles. The predicted octanol–water partition coefficient (Wildman–Crippen LogP) is 2.84. The fraction of sp³-hybridized carbons (Fsp3) is 0.167. The highest BCUT2D eigenvalue weighted by atomic mass is 35.5. The van der Waals surface area contributed by atoms with Crippen LogP contribution in [0.5, 0.6) is 0 Å². The van der Waals surface area contributed by atoms with E-state index in [0.29, 0.717) is 22.4 Å².